The van der Waals surface area contributed by atoms with E-state index in [0.29, 0.717) is 11.1 Å². The van der Waals surface area contributed by atoms with Gasteiger partial charge in [0.2, 0.25) is 0 Å². The molecule has 0 saturated heterocycles. The molecule has 1 atom stereocenters. The largest absolute Gasteiger partial charge is 0.385 e. The van der Waals surface area contributed by atoms with E-state index in [-0.39, 0.29) is 11.2 Å². The second kappa shape index (κ2) is 4.02. The van der Waals surface area contributed by atoms with Gasteiger partial charge < -0.3 is 5.11 Å². The minimum atomic E-state index is -1.02. The molecule has 1 aromatic carbocycles. The summed E-state index contributed by atoms with van der Waals surface area (Å²) in [6.07, 6.45) is 0. The van der Waals surface area contributed by atoms with Crippen molar-refractivity contribution in [2.45, 2.75) is 40.2 Å². The van der Waals surface area contributed by atoms with Crippen LogP contribution in [0.5, 0.6) is 0 Å². The lowest BCUT2D eigenvalue weighted by Gasteiger charge is -2.38. The van der Waals surface area contributed by atoms with Gasteiger partial charge in [-0.25, -0.2) is 0 Å². The zero-order chi connectivity index (χ0) is 12.6. The lowest BCUT2D eigenvalue weighted by molar-refractivity contribution is -0.0474. The number of aliphatic hydroxyl groups is 1. The first-order chi connectivity index (χ1) is 7.18. The maximum absolute atomic E-state index is 11.5. The predicted octanol–water partition coefficient (Wildman–Crippen LogP) is 3.14. The Bertz CT molecular complexity index is 397. The third kappa shape index (κ3) is 2.17. The molecule has 0 aliphatic heterocycles. The number of Topliss-reactive ketones (excluding diaryl/α,β-unsaturated/α-hetero) is 1. The molecule has 0 fully saturated rings. The van der Waals surface area contributed by atoms with Crippen molar-refractivity contribution in [2.75, 3.05) is 0 Å². The minimum Gasteiger partial charge on any atom is -0.385 e. The third-order valence-electron chi connectivity index (χ3n) is 3.29. The number of carbonyl (C=O) groups excluding carboxylic acids is 1. The van der Waals surface area contributed by atoms with Crippen molar-refractivity contribution < 1.29 is 9.90 Å². The van der Waals surface area contributed by atoms with Gasteiger partial charge in [-0.05, 0) is 24.8 Å². The molecule has 1 rings (SSSR count). The van der Waals surface area contributed by atoms with Crippen molar-refractivity contribution in [3.8, 4) is 0 Å². The molecule has 0 aliphatic rings. The summed E-state index contributed by atoms with van der Waals surface area (Å²) in [5.41, 5.74) is -0.0363. The molecule has 88 valence electrons. The average molecular weight is 220 g/mol. The molecular weight excluding hydrogens is 200 g/mol. The van der Waals surface area contributed by atoms with Crippen molar-refractivity contribution in [2.24, 2.45) is 5.41 Å². The molecule has 0 aromatic heterocycles. The van der Waals surface area contributed by atoms with Gasteiger partial charge in [0, 0.05) is 5.56 Å². The minimum absolute atomic E-state index is 0.0138. The van der Waals surface area contributed by atoms with Gasteiger partial charge in [-0.1, -0.05) is 45.0 Å². The molecule has 0 aliphatic carbocycles. The Labute approximate surface area is 97.3 Å². The fourth-order valence-corrected chi connectivity index (χ4v) is 1.62. The van der Waals surface area contributed by atoms with Gasteiger partial charge in [0.15, 0.2) is 5.78 Å². The number of benzene rings is 1. The van der Waals surface area contributed by atoms with Gasteiger partial charge in [-0.2, -0.15) is 0 Å². The van der Waals surface area contributed by atoms with Gasteiger partial charge in [-0.3, -0.25) is 4.79 Å². The van der Waals surface area contributed by atoms with Crippen molar-refractivity contribution in [1.82, 2.24) is 0 Å². The van der Waals surface area contributed by atoms with Crippen LogP contribution in [0.1, 0.15) is 50.5 Å². The Hall–Kier alpha value is -1.15. The SMILES string of the molecule is CC(=O)c1ccccc1C(C)(O)C(C)(C)C. The van der Waals surface area contributed by atoms with Gasteiger partial charge in [0.25, 0.3) is 0 Å². The molecule has 0 spiro atoms. The Morgan fingerprint density at radius 2 is 1.62 bits per heavy atom. The van der Waals surface area contributed by atoms with Crippen molar-refractivity contribution in [3.63, 3.8) is 0 Å². The molecule has 2 nitrogen and oxygen atoms in total. The smallest absolute Gasteiger partial charge is 0.160 e. The quantitative estimate of drug-likeness (QED) is 0.777. The van der Waals surface area contributed by atoms with Crippen LogP contribution in [0.15, 0.2) is 24.3 Å². The predicted molar refractivity (Wildman–Crippen MR) is 65.5 cm³/mol. The van der Waals surface area contributed by atoms with E-state index < -0.39 is 5.60 Å². The monoisotopic (exact) mass is 220 g/mol. The van der Waals surface area contributed by atoms with Crippen LogP contribution in [-0.4, -0.2) is 10.9 Å². The molecule has 2 heteroatoms. The van der Waals surface area contributed by atoms with Crippen molar-refractivity contribution in [3.05, 3.63) is 35.4 Å². The van der Waals surface area contributed by atoms with Crippen LogP contribution in [0.4, 0.5) is 0 Å². The third-order valence-corrected chi connectivity index (χ3v) is 3.29. The highest BCUT2D eigenvalue weighted by atomic mass is 16.3. The average Bonchev–Trinajstić information content (AvgIpc) is 2.16. The first kappa shape index (κ1) is 12.9. The van der Waals surface area contributed by atoms with Crippen LogP contribution in [0.3, 0.4) is 0 Å². The fraction of sp³-hybridized carbons (Fsp3) is 0.500. The molecule has 0 radical (unpaired) electrons. The van der Waals surface area contributed by atoms with Crippen LogP contribution in [0.2, 0.25) is 0 Å². The summed E-state index contributed by atoms with van der Waals surface area (Å²) < 4.78 is 0. The summed E-state index contributed by atoms with van der Waals surface area (Å²) >= 11 is 0. The molecule has 16 heavy (non-hydrogen) atoms. The Kier molecular flexibility index (Phi) is 3.25. The van der Waals surface area contributed by atoms with E-state index in [4.69, 9.17) is 0 Å². The van der Waals surface area contributed by atoms with Gasteiger partial charge >= 0.3 is 0 Å². The normalized spacial score (nSPS) is 15.6. The Morgan fingerprint density at radius 3 is 2.06 bits per heavy atom. The zero-order valence-electron chi connectivity index (χ0n) is 10.7. The maximum atomic E-state index is 11.5. The summed E-state index contributed by atoms with van der Waals surface area (Å²) in [5.74, 6) is -0.0138. The zero-order valence-corrected chi connectivity index (χ0v) is 10.7. The van der Waals surface area contributed by atoms with E-state index in [1.807, 2.05) is 39.0 Å². The molecule has 1 unspecified atom stereocenters. The van der Waals surface area contributed by atoms with E-state index in [1.165, 1.54) is 6.92 Å². The van der Waals surface area contributed by atoms with Crippen molar-refractivity contribution >= 4 is 5.78 Å². The second-order valence-electron chi connectivity index (χ2n) is 5.42. The number of rotatable bonds is 2. The highest BCUT2D eigenvalue weighted by Crippen LogP contribution is 2.40. The van der Waals surface area contributed by atoms with E-state index in [1.54, 1.807) is 13.0 Å². The Balaban J connectivity index is 3.39. The highest BCUT2D eigenvalue weighted by molar-refractivity contribution is 5.95. The fourth-order valence-electron chi connectivity index (χ4n) is 1.62. The number of hydrogen-bond donors (Lipinski definition) is 1. The van der Waals surface area contributed by atoms with E-state index in [0.717, 1.165) is 0 Å². The van der Waals surface area contributed by atoms with Crippen LogP contribution in [-0.2, 0) is 5.60 Å². The van der Waals surface area contributed by atoms with Gasteiger partial charge in [0.1, 0.15) is 0 Å². The van der Waals surface area contributed by atoms with Crippen LogP contribution in [0, 0.1) is 5.41 Å². The molecule has 0 heterocycles. The summed E-state index contributed by atoms with van der Waals surface area (Å²) in [6, 6.07) is 7.25. The first-order valence-electron chi connectivity index (χ1n) is 5.51. The molecule has 1 aromatic rings. The summed E-state index contributed by atoms with van der Waals surface area (Å²) in [6.45, 7) is 9.17. The maximum Gasteiger partial charge on any atom is 0.160 e. The van der Waals surface area contributed by atoms with Crippen LogP contribution < -0.4 is 0 Å². The van der Waals surface area contributed by atoms with E-state index in [2.05, 4.69) is 0 Å². The summed E-state index contributed by atoms with van der Waals surface area (Å²) in [4.78, 5) is 11.5. The lowest BCUT2D eigenvalue weighted by Crippen LogP contribution is -2.38. The highest BCUT2D eigenvalue weighted by Gasteiger charge is 2.38. The topological polar surface area (TPSA) is 37.3 Å². The number of ketones is 1. The van der Waals surface area contributed by atoms with Crippen LogP contribution in [0.25, 0.3) is 0 Å². The molecular formula is C14H20O2. The molecule has 0 bridgehead atoms. The van der Waals surface area contributed by atoms with E-state index in [9.17, 15) is 9.90 Å². The van der Waals surface area contributed by atoms with Gasteiger partial charge in [0.05, 0.1) is 5.60 Å². The Morgan fingerprint density at radius 1 is 1.12 bits per heavy atom. The summed E-state index contributed by atoms with van der Waals surface area (Å²) in [7, 11) is 0. The lowest BCUT2D eigenvalue weighted by atomic mass is 9.72. The van der Waals surface area contributed by atoms with E-state index >= 15 is 0 Å². The van der Waals surface area contributed by atoms with Gasteiger partial charge in [-0.15, -0.1) is 0 Å². The van der Waals surface area contributed by atoms with Crippen LogP contribution >= 0.6 is 0 Å². The number of hydrogen-bond acceptors (Lipinski definition) is 2. The molecule has 0 amide bonds. The second-order valence-corrected chi connectivity index (χ2v) is 5.42. The molecule has 1 N–H and O–H groups in total. The summed E-state index contributed by atoms with van der Waals surface area (Å²) in [5, 5.41) is 10.6. The first-order valence-corrected chi connectivity index (χ1v) is 5.51. The standard InChI is InChI=1S/C14H20O2/c1-10(15)11-8-6-7-9-12(11)14(5,16)13(2,3)4/h6-9,16H,1-5H3. The van der Waals surface area contributed by atoms with Crippen molar-refractivity contribution in [1.29, 1.82) is 0 Å². The molecule has 0 saturated carbocycles. The number of carbonyl (C=O) groups is 1.